The summed E-state index contributed by atoms with van der Waals surface area (Å²) < 4.78 is 13.0. The second kappa shape index (κ2) is 6.53. The van der Waals surface area contributed by atoms with E-state index in [9.17, 15) is 19.1 Å². The highest BCUT2D eigenvalue weighted by Crippen LogP contribution is 2.21. The van der Waals surface area contributed by atoms with Crippen molar-refractivity contribution in [3.8, 4) is 5.75 Å². The molecule has 1 aromatic rings. The summed E-state index contributed by atoms with van der Waals surface area (Å²) in [4.78, 5) is 25.9. The molecule has 0 aliphatic carbocycles. The first-order valence-electron chi connectivity index (χ1n) is 6.82. The van der Waals surface area contributed by atoms with Crippen molar-refractivity contribution in [2.75, 3.05) is 26.2 Å². The van der Waals surface area contributed by atoms with Crippen LogP contribution in [0.3, 0.4) is 0 Å². The molecule has 0 saturated carbocycles. The third-order valence-electron chi connectivity index (χ3n) is 3.35. The van der Waals surface area contributed by atoms with Gasteiger partial charge in [-0.25, -0.2) is 4.39 Å². The number of amides is 2. The van der Waals surface area contributed by atoms with Crippen molar-refractivity contribution in [2.45, 2.75) is 13.0 Å². The first-order chi connectivity index (χ1) is 10.0. The van der Waals surface area contributed by atoms with Gasteiger partial charge in [-0.3, -0.25) is 9.59 Å². The molecular weight excluding hydrogens is 277 g/mol. The quantitative estimate of drug-likeness (QED) is 0.738. The Morgan fingerprint density at radius 1 is 1.52 bits per heavy atom. The van der Waals surface area contributed by atoms with Crippen LogP contribution in [0, 0.1) is 5.82 Å². The van der Waals surface area contributed by atoms with E-state index in [1.165, 1.54) is 11.0 Å². The highest BCUT2D eigenvalue weighted by molar-refractivity contribution is 5.99. The number of carbonyl (C=O) groups is 2. The molecule has 1 fully saturated rings. The van der Waals surface area contributed by atoms with E-state index in [1.54, 1.807) is 6.92 Å². The number of hydrogen-bond acceptors (Lipinski definition) is 4. The zero-order chi connectivity index (χ0) is 15.4. The number of nitrogens with zero attached hydrogens (tertiary/aromatic N) is 1. The molecule has 2 amide bonds. The number of carbonyl (C=O) groups excluding carboxylic acids is 2. The number of hydrogen-bond donors (Lipinski definition) is 3. The number of piperazine rings is 1. The summed E-state index contributed by atoms with van der Waals surface area (Å²) in [5.74, 6) is -1.78. The molecule has 7 heteroatoms. The van der Waals surface area contributed by atoms with Gasteiger partial charge in [0.15, 0.2) is 0 Å². The highest BCUT2D eigenvalue weighted by atomic mass is 19.1. The van der Waals surface area contributed by atoms with E-state index < -0.39 is 23.5 Å². The Balaban J connectivity index is 2.24. The predicted octanol–water partition coefficient (Wildman–Crippen LogP) is 0.0814. The molecule has 3 N–H and O–H groups in total. The normalized spacial score (nSPS) is 18.4. The van der Waals surface area contributed by atoms with E-state index >= 15 is 0 Å². The maximum atomic E-state index is 13.0. The number of phenols is 1. The van der Waals surface area contributed by atoms with Gasteiger partial charge in [0.05, 0.1) is 5.56 Å². The Hall–Kier alpha value is -2.15. The lowest BCUT2D eigenvalue weighted by molar-refractivity contribution is -0.126. The Kier molecular flexibility index (Phi) is 4.74. The second-order valence-electron chi connectivity index (χ2n) is 4.77. The third-order valence-corrected chi connectivity index (χ3v) is 3.35. The van der Waals surface area contributed by atoms with Crippen LogP contribution in [0.2, 0.25) is 0 Å². The highest BCUT2D eigenvalue weighted by Gasteiger charge is 2.33. The average molecular weight is 295 g/mol. The van der Waals surface area contributed by atoms with E-state index in [0.717, 1.165) is 12.1 Å². The van der Waals surface area contributed by atoms with Crippen molar-refractivity contribution < 1.29 is 19.1 Å². The van der Waals surface area contributed by atoms with Crippen molar-refractivity contribution in [3.63, 3.8) is 0 Å². The molecule has 1 heterocycles. The molecule has 0 aromatic heterocycles. The van der Waals surface area contributed by atoms with Gasteiger partial charge < -0.3 is 20.6 Å². The summed E-state index contributed by atoms with van der Waals surface area (Å²) in [7, 11) is 0. The van der Waals surface area contributed by atoms with Crippen molar-refractivity contribution in [3.05, 3.63) is 29.6 Å². The molecule has 1 saturated heterocycles. The minimum atomic E-state index is -0.643. The summed E-state index contributed by atoms with van der Waals surface area (Å²) in [6.45, 7) is 3.52. The largest absolute Gasteiger partial charge is 0.507 e. The summed E-state index contributed by atoms with van der Waals surface area (Å²) in [5.41, 5.74) is -0.00685. The molecule has 0 radical (unpaired) electrons. The summed E-state index contributed by atoms with van der Waals surface area (Å²) in [6.07, 6.45) is 0. The van der Waals surface area contributed by atoms with Crippen LogP contribution >= 0.6 is 0 Å². The van der Waals surface area contributed by atoms with E-state index in [1.807, 2.05) is 0 Å². The maximum absolute atomic E-state index is 13.0. The first kappa shape index (κ1) is 15.2. The Morgan fingerprint density at radius 2 is 2.29 bits per heavy atom. The Bertz CT molecular complexity index is 550. The smallest absolute Gasteiger partial charge is 0.258 e. The average Bonchev–Trinajstić information content (AvgIpc) is 2.47. The Morgan fingerprint density at radius 3 is 2.95 bits per heavy atom. The minimum absolute atomic E-state index is 0.00685. The molecule has 1 unspecified atom stereocenters. The Labute approximate surface area is 121 Å². The first-order valence-corrected chi connectivity index (χ1v) is 6.82. The van der Waals surface area contributed by atoms with Crippen LogP contribution in [0.15, 0.2) is 18.2 Å². The number of aromatic hydroxyl groups is 1. The summed E-state index contributed by atoms with van der Waals surface area (Å²) in [5, 5.41) is 15.5. The fourth-order valence-corrected chi connectivity index (χ4v) is 2.31. The second-order valence-corrected chi connectivity index (χ2v) is 4.77. The fourth-order valence-electron chi connectivity index (χ4n) is 2.31. The van der Waals surface area contributed by atoms with Gasteiger partial charge in [0.1, 0.15) is 17.6 Å². The van der Waals surface area contributed by atoms with Crippen LogP contribution in [-0.4, -0.2) is 54.0 Å². The van der Waals surface area contributed by atoms with Gasteiger partial charge >= 0.3 is 0 Å². The standard InChI is InChI=1S/C14H18FN3O3/c1-2-17-13(20)11-8-16-5-6-18(11)14(21)10-4-3-9(15)7-12(10)19/h3-4,7,11,16,19H,2,5-6,8H2,1H3,(H,17,20). The zero-order valence-electron chi connectivity index (χ0n) is 11.7. The van der Waals surface area contributed by atoms with Gasteiger partial charge in [0, 0.05) is 32.2 Å². The lowest BCUT2D eigenvalue weighted by Crippen LogP contribution is -2.59. The van der Waals surface area contributed by atoms with Crippen molar-refractivity contribution in [2.24, 2.45) is 0 Å². The van der Waals surface area contributed by atoms with Gasteiger partial charge in [-0.15, -0.1) is 0 Å². The predicted molar refractivity (Wildman–Crippen MR) is 74.4 cm³/mol. The van der Waals surface area contributed by atoms with Gasteiger partial charge in [0.2, 0.25) is 5.91 Å². The fraction of sp³-hybridized carbons (Fsp3) is 0.429. The number of likely N-dealkylation sites (N-methyl/N-ethyl adjacent to an activating group) is 1. The number of rotatable bonds is 3. The third kappa shape index (κ3) is 3.30. The number of halogens is 1. The summed E-state index contributed by atoms with van der Waals surface area (Å²) in [6, 6.07) is 2.58. The van der Waals surface area contributed by atoms with Crippen molar-refractivity contribution in [1.82, 2.24) is 15.5 Å². The molecule has 1 aliphatic heterocycles. The summed E-state index contributed by atoms with van der Waals surface area (Å²) >= 11 is 0. The minimum Gasteiger partial charge on any atom is -0.507 e. The van der Waals surface area contributed by atoms with Crippen LogP contribution in [0.25, 0.3) is 0 Å². The SMILES string of the molecule is CCNC(=O)C1CNCCN1C(=O)c1ccc(F)cc1O. The van der Waals surface area contributed by atoms with Gasteiger partial charge in [0.25, 0.3) is 5.91 Å². The number of nitrogens with one attached hydrogen (secondary N) is 2. The van der Waals surface area contributed by atoms with E-state index in [4.69, 9.17) is 0 Å². The van der Waals surface area contributed by atoms with E-state index in [0.29, 0.717) is 26.2 Å². The van der Waals surface area contributed by atoms with Gasteiger partial charge in [-0.1, -0.05) is 0 Å². The molecule has 6 nitrogen and oxygen atoms in total. The van der Waals surface area contributed by atoms with Crippen LogP contribution in [0.4, 0.5) is 4.39 Å². The van der Waals surface area contributed by atoms with Gasteiger partial charge in [-0.05, 0) is 19.1 Å². The molecule has 21 heavy (non-hydrogen) atoms. The van der Waals surface area contributed by atoms with Crippen LogP contribution in [0.5, 0.6) is 5.75 Å². The molecule has 0 bridgehead atoms. The molecule has 2 rings (SSSR count). The van der Waals surface area contributed by atoms with E-state index in [-0.39, 0.29) is 11.5 Å². The molecule has 1 aromatic carbocycles. The van der Waals surface area contributed by atoms with Crippen molar-refractivity contribution >= 4 is 11.8 Å². The van der Waals surface area contributed by atoms with Crippen LogP contribution in [0.1, 0.15) is 17.3 Å². The number of benzene rings is 1. The van der Waals surface area contributed by atoms with Crippen molar-refractivity contribution in [1.29, 1.82) is 0 Å². The topological polar surface area (TPSA) is 81.7 Å². The molecule has 1 aliphatic rings. The zero-order valence-corrected chi connectivity index (χ0v) is 11.7. The van der Waals surface area contributed by atoms with Crippen LogP contribution in [-0.2, 0) is 4.79 Å². The molecule has 114 valence electrons. The lowest BCUT2D eigenvalue weighted by Gasteiger charge is -2.35. The molecule has 0 spiro atoms. The molecular formula is C14H18FN3O3. The monoisotopic (exact) mass is 295 g/mol. The number of phenolic OH excluding ortho intramolecular Hbond substituents is 1. The van der Waals surface area contributed by atoms with Gasteiger partial charge in [-0.2, -0.15) is 0 Å². The maximum Gasteiger partial charge on any atom is 0.258 e. The molecule has 1 atom stereocenters. The van der Waals surface area contributed by atoms with Crippen LogP contribution < -0.4 is 10.6 Å². The lowest BCUT2D eigenvalue weighted by atomic mass is 10.1. The van der Waals surface area contributed by atoms with E-state index in [2.05, 4.69) is 10.6 Å².